The summed E-state index contributed by atoms with van der Waals surface area (Å²) in [5, 5.41) is 11.1. The summed E-state index contributed by atoms with van der Waals surface area (Å²) in [7, 11) is 0. The molecule has 124 valence electrons. The van der Waals surface area contributed by atoms with Gasteiger partial charge in [0.05, 0.1) is 12.1 Å². The van der Waals surface area contributed by atoms with Gasteiger partial charge < -0.3 is 14.4 Å². The summed E-state index contributed by atoms with van der Waals surface area (Å²) >= 11 is 0. The lowest BCUT2D eigenvalue weighted by atomic mass is 9.80. The van der Waals surface area contributed by atoms with Crippen molar-refractivity contribution in [2.45, 2.75) is 64.8 Å². The molecule has 7 nitrogen and oxygen atoms in total. The van der Waals surface area contributed by atoms with Gasteiger partial charge in [-0.3, -0.25) is 4.79 Å². The molecule has 0 unspecified atom stereocenters. The van der Waals surface area contributed by atoms with Crippen LogP contribution in [0.4, 0.5) is 0 Å². The number of rotatable bonds is 4. The second-order valence-corrected chi connectivity index (χ2v) is 6.31. The molecule has 1 amide bonds. The van der Waals surface area contributed by atoms with Crippen LogP contribution in [0.25, 0.3) is 0 Å². The van der Waals surface area contributed by atoms with E-state index in [2.05, 4.69) is 20.6 Å². The fourth-order valence-electron chi connectivity index (χ4n) is 3.28. The Balaban J connectivity index is 1.80. The van der Waals surface area contributed by atoms with Crippen molar-refractivity contribution in [3.63, 3.8) is 0 Å². The summed E-state index contributed by atoms with van der Waals surface area (Å²) in [5.74, 6) is 1.72. The van der Waals surface area contributed by atoms with Crippen LogP contribution in [0.3, 0.4) is 0 Å². The monoisotopic (exact) mass is 318 g/mol. The van der Waals surface area contributed by atoms with Gasteiger partial charge >= 0.3 is 0 Å². The summed E-state index contributed by atoms with van der Waals surface area (Å²) in [6, 6.07) is 0. The van der Waals surface area contributed by atoms with Gasteiger partial charge in [-0.15, -0.1) is 0 Å². The fourth-order valence-corrected chi connectivity index (χ4v) is 3.28. The van der Waals surface area contributed by atoms with Crippen molar-refractivity contribution < 1.29 is 13.8 Å². The molecule has 0 spiro atoms. The first kappa shape index (κ1) is 15.7. The molecule has 2 aromatic rings. The number of carbonyl (C=O) groups is 1. The number of hydrogen-bond donors (Lipinski definition) is 1. The van der Waals surface area contributed by atoms with Crippen molar-refractivity contribution in [2.75, 3.05) is 0 Å². The maximum Gasteiger partial charge on any atom is 0.225 e. The van der Waals surface area contributed by atoms with Crippen molar-refractivity contribution in [1.29, 1.82) is 0 Å². The van der Waals surface area contributed by atoms with Crippen LogP contribution in [0.2, 0.25) is 0 Å². The summed E-state index contributed by atoms with van der Waals surface area (Å²) < 4.78 is 10.3. The van der Waals surface area contributed by atoms with E-state index in [1.54, 1.807) is 6.92 Å². The van der Waals surface area contributed by atoms with E-state index in [0.29, 0.717) is 17.5 Å². The van der Waals surface area contributed by atoms with Crippen LogP contribution >= 0.6 is 0 Å². The minimum Gasteiger partial charge on any atom is -0.361 e. The van der Waals surface area contributed by atoms with E-state index in [1.807, 2.05) is 13.8 Å². The quantitative estimate of drug-likeness (QED) is 0.930. The summed E-state index contributed by atoms with van der Waals surface area (Å²) in [6.07, 6.45) is 5.16. The average molecular weight is 318 g/mol. The SMILES string of the molecule is Cc1nc(C2(NC(=O)Cc3c(C)noc3C)CCCCC2)no1. The molecule has 0 aliphatic heterocycles. The number of amides is 1. The smallest absolute Gasteiger partial charge is 0.225 e. The Kier molecular flexibility index (Phi) is 4.19. The normalized spacial score (nSPS) is 17.2. The zero-order chi connectivity index (χ0) is 16.4. The fraction of sp³-hybridized carbons (Fsp3) is 0.625. The summed E-state index contributed by atoms with van der Waals surface area (Å²) in [5.41, 5.74) is 1.08. The van der Waals surface area contributed by atoms with Gasteiger partial charge in [-0.05, 0) is 26.7 Å². The highest BCUT2D eigenvalue weighted by atomic mass is 16.5. The first-order chi connectivity index (χ1) is 11.0. The lowest BCUT2D eigenvalue weighted by molar-refractivity contribution is -0.123. The number of hydrogen-bond acceptors (Lipinski definition) is 6. The van der Waals surface area contributed by atoms with E-state index in [4.69, 9.17) is 9.05 Å². The van der Waals surface area contributed by atoms with Gasteiger partial charge in [0, 0.05) is 12.5 Å². The number of carbonyl (C=O) groups excluding carboxylic acids is 1. The molecule has 2 aromatic heterocycles. The van der Waals surface area contributed by atoms with E-state index in [0.717, 1.165) is 36.9 Å². The minimum atomic E-state index is -0.522. The molecule has 2 heterocycles. The molecule has 3 rings (SSSR count). The average Bonchev–Trinajstić information content (AvgIpc) is 3.09. The maximum atomic E-state index is 12.6. The standard InChI is InChI=1S/C16H22N4O3/c1-10-13(11(2)22-19-10)9-14(21)18-16(7-5-4-6-8-16)15-17-12(3)23-20-15/h4-9H2,1-3H3,(H,18,21). The molecule has 0 saturated heterocycles. The molecule has 1 N–H and O–H groups in total. The second kappa shape index (κ2) is 6.14. The van der Waals surface area contributed by atoms with Crippen molar-refractivity contribution in [3.8, 4) is 0 Å². The molecule has 23 heavy (non-hydrogen) atoms. The van der Waals surface area contributed by atoms with Gasteiger partial charge in [0.1, 0.15) is 11.3 Å². The molecule has 0 radical (unpaired) electrons. The predicted molar refractivity (Wildman–Crippen MR) is 81.6 cm³/mol. The molecule has 0 aromatic carbocycles. The first-order valence-electron chi connectivity index (χ1n) is 8.04. The van der Waals surface area contributed by atoms with Crippen LogP contribution in [0, 0.1) is 20.8 Å². The highest BCUT2D eigenvalue weighted by Crippen LogP contribution is 2.35. The van der Waals surface area contributed by atoms with Gasteiger partial charge in [-0.25, -0.2) is 0 Å². The Bertz CT molecular complexity index is 678. The van der Waals surface area contributed by atoms with Crippen molar-refractivity contribution in [3.05, 3.63) is 28.7 Å². The van der Waals surface area contributed by atoms with Crippen LogP contribution in [0.5, 0.6) is 0 Å². The van der Waals surface area contributed by atoms with Crippen LogP contribution in [0.1, 0.15) is 60.8 Å². The largest absolute Gasteiger partial charge is 0.361 e. The van der Waals surface area contributed by atoms with E-state index in [9.17, 15) is 4.79 Å². The molecule has 0 atom stereocenters. The number of nitrogens with one attached hydrogen (secondary N) is 1. The van der Waals surface area contributed by atoms with E-state index in [1.165, 1.54) is 6.42 Å². The Morgan fingerprint density at radius 1 is 1.13 bits per heavy atom. The van der Waals surface area contributed by atoms with Crippen LogP contribution < -0.4 is 5.32 Å². The van der Waals surface area contributed by atoms with E-state index in [-0.39, 0.29) is 12.3 Å². The van der Waals surface area contributed by atoms with Crippen LogP contribution in [-0.2, 0) is 16.8 Å². The Labute approximate surface area is 134 Å². The van der Waals surface area contributed by atoms with Gasteiger partial charge in [0.25, 0.3) is 0 Å². The highest BCUT2D eigenvalue weighted by molar-refractivity contribution is 5.79. The van der Waals surface area contributed by atoms with Crippen LogP contribution in [0.15, 0.2) is 9.05 Å². The molecular weight excluding hydrogens is 296 g/mol. The van der Waals surface area contributed by atoms with Gasteiger partial charge in [0.2, 0.25) is 11.8 Å². The van der Waals surface area contributed by atoms with Crippen molar-refractivity contribution >= 4 is 5.91 Å². The molecule has 7 heteroatoms. The minimum absolute atomic E-state index is 0.0660. The van der Waals surface area contributed by atoms with Gasteiger partial charge in [-0.2, -0.15) is 4.98 Å². The molecule has 1 aliphatic carbocycles. The third-order valence-electron chi connectivity index (χ3n) is 4.56. The Morgan fingerprint density at radius 2 is 1.87 bits per heavy atom. The third kappa shape index (κ3) is 3.13. The number of aryl methyl sites for hydroxylation is 3. The zero-order valence-electron chi connectivity index (χ0n) is 13.8. The third-order valence-corrected chi connectivity index (χ3v) is 4.56. The molecule has 1 fully saturated rings. The van der Waals surface area contributed by atoms with Crippen molar-refractivity contribution in [2.24, 2.45) is 0 Å². The van der Waals surface area contributed by atoms with Gasteiger partial charge in [0.15, 0.2) is 5.82 Å². The van der Waals surface area contributed by atoms with Crippen LogP contribution in [-0.4, -0.2) is 21.2 Å². The first-order valence-corrected chi connectivity index (χ1v) is 8.04. The second-order valence-electron chi connectivity index (χ2n) is 6.31. The van der Waals surface area contributed by atoms with E-state index < -0.39 is 5.54 Å². The molecule has 0 bridgehead atoms. The molecule has 1 aliphatic rings. The molecular formula is C16H22N4O3. The summed E-state index contributed by atoms with van der Waals surface area (Å²) in [6.45, 7) is 5.43. The Morgan fingerprint density at radius 3 is 2.43 bits per heavy atom. The topological polar surface area (TPSA) is 94.1 Å². The molecule has 1 saturated carbocycles. The highest BCUT2D eigenvalue weighted by Gasteiger charge is 2.39. The van der Waals surface area contributed by atoms with Crippen molar-refractivity contribution in [1.82, 2.24) is 20.6 Å². The zero-order valence-corrected chi connectivity index (χ0v) is 13.8. The lowest BCUT2D eigenvalue weighted by Gasteiger charge is -2.35. The van der Waals surface area contributed by atoms with Gasteiger partial charge in [-0.1, -0.05) is 29.6 Å². The lowest BCUT2D eigenvalue weighted by Crippen LogP contribution is -2.48. The number of nitrogens with zero attached hydrogens (tertiary/aromatic N) is 3. The maximum absolute atomic E-state index is 12.6. The van der Waals surface area contributed by atoms with E-state index >= 15 is 0 Å². The Hall–Kier alpha value is -2.18. The number of aromatic nitrogens is 3. The predicted octanol–water partition coefficient (Wildman–Crippen LogP) is 2.50. The summed E-state index contributed by atoms with van der Waals surface area (Å²) in [4.78, 5) is 17.0.